The van der Waals surface area contributed by atoms with Crippen molar-refractivity contribution in [1.82, 2.24) is 9.97 Å². The molecule has 1 saturated heterocycles. The van der Waals surface area contributed by atoms with Crippen molar-refractivity contribution >= 4 is 23.1 Å². The number of nitrogens with zero attached hydrogens (tertiary/aromatic N) is 4. The molecular weight excluding hydrogens is 438 g/mol. The van der Waals surface area contributed by atoms with E-state index in [1.165, 1.54) is 31.6 Å². The lowest BCUT2D eigenvalue weighted by Gasteiger charge is -2.33. The molecule has 34 heavy (non-hydrogen) atoms. The first-order chi connectivity index (χ1) is 16.5. The van der Waals surface area contributed by atoms with E-state index in [2.05, 4.69) is 20.2 Å². The molecule has 176 valence electrons. The summed E-state index contributed by atoms with van der Waals surface area (Å²) in [7, 11) is 3.03. The van der Waals surface area contributed by atoms with Crippen molar-refractivity contribution < 1.29 is 19.2 Å². The minimum absolute atomic E-state index is 0.102. The smallest absolute Gasteiger partial charge is 0.273 e. The summed E-state index contributed by atoms with van der Waals surface area (Å²) in [5, 5.41) is 13.9. The second-order valence-corrected chi connectivity index (χ2v) is 7.91. The molecule has 10 heteroatoms. The predicted octanol–water partition coefficient (Wildman–Crippen LogP) is 3.92. The highest BCUT2D eigenvalue weighted by Gasteiger charge is 2.27. The number of carbonyl (C=O) groups is 1. The van der Waals surface area contributed by atoms with Gasteiger partial charge in [0.05, 0.1) is 42.5 Å². The molecule has 3 aromatic rings. The van der Waals surface area contributed by atoms with Crippen LogP contribution in [0.5, 0.6) is 11.5 Å². The van der Waals surface area contributed by atoms with Gasteiger partial charge < -0.3 is 19.7 Å². The molecule has 1 aliphatic heterocycles. The molecule has 0 aliphatic carbocycles. The second-order valence-electron chi connectivity index (χ2n) is 7.91. The summed E-state index contributed by atoms with van der Waals surface area (Å²) in [6.07, 6.45) is 3.09. The molecule has 1 aliphatic rings. The number of rotatable bonds is 7. The molecule has 4 rings (SSSR count). The molecule has 0 saturated carbocycles. The van der Waals surface area contributed by atoms with Gasteiger partial charge in [0.2, 0.25) is 5.91 Å². The van der Waals surface area contributed by atoms with E-state index in [1.54, 1.807) is 7.11 Å². The number of amides is 1. The molecular formula is C24H25N5O5. The van der Waals surface area contributed by atoms with E-state index in [1.807, 2.05) is 30.3 Å². The summed E-state index contributed by atoms with van der Waals surface area (Å²) in [5.41, 5.74) is 2.03. The average molecular weight is 463 g/mol. The standard InChI is InChI=1S/C24H25N5O5/c1-33-19-8-5-16(6-9-19)21-13-23(26-15-25-21)28-11-3-4-17(14-28)24(30)27-20-10-7-18(29(31)32)12-22(20)34-2/h5-10,12-13,15,17H,3-4,11,14H2,1-2H3,(H,27,30). The Balaban J connectivity index is 1.47. The van der Waals surface area contributed by atoms with Crippen LogP contribution < -0.4 is 19.7 Å². The average Bonchev–Trinajstić information content (AvgIpc) is 2.89. The Hall–Kier alpha value is -4.21. The molecule has 0 radical (unpaired) electrons. The molecule has 2 aromatic carbocycles. The van der Waals surface area contributed by atoms with Crippen LogP contribution in [-0.2, 0) is 4.79 Å². The number of hydrogen-bond donors (Lipinski definition) is 1. The Morgan fingerprint density at radius 2 is 1.91 bits per heavy atom. The van der Waals surface area contributed by atoms with Crippen molar-refractivity contribution in [3.8, 4) is 22.8 Å². The van der Waals surface area contributed by atoms with Crippen LogP contribution in [0.4, 0.5) is 17.2 Å². The Morgan fingerprint density at radius 3 is 2.62 bits per heavy atom. The normalized spacial score (nSPS) is 15.5. The Morgan fingerprint density at radius 1 is 1.12 bits per heavy atom. The van der Waals surface area contributed by atoms with Crippen LogP contribution in [-0.4, -0.2) is 48.1 Å². The number of aromatic nitrogens is 2. The number of nitro groups is 1. The van der Waals surface area contributed by atoms with Gasteiger partial charge in [0.1, 0.15) is 23.6 Å². The summed E-state index contributed by atoms with van der Waals surface area (Å²) >= 11 is 0. The highest BCUT2D eigenvalue weighted by molar-refractivity contribution is 5.94. The van der Waals surface area contributed by atoms with Crippen molar-refractivity contribution in [1.29, 1.82) is 0 Å². The maximum absolute atomic E-state index is 13.0. The zero-order valence-corrected chi connectivity index (χ0v) is 18.9. The lowest BCUT2D eigenvalue weighted by atomic mass is 9.97. The third-order valence-corrected chi connectivity index (χ3v) is 5.81. The molecule has 1 fully saturated rings. The number of piperidine rings is 1. The Labute approximate surface area is 196 Å². The van der Waals surface area contributed by atoms with Crippen LogP contribution in [0.15, 0.2) is 54.9 Å². The van der Waals surface area contributed by atoms with E-state index in [0.29, 0.717) is 12.2 Å². The van der Waals surface area contributed by atoms with Crippen LogP contribution in [0.1, 0.15) is 12.8 Å². The van der Waals surface area contributed by atoms with Crippen molar-refractivity contribution in [2.24, 2.45) is 5.92 Å². The summed E-state index contributed by atoms with van der Waals surface area (Å²) < 4.78 is 10.4. The van der Waals surface area contributed by atoms with Gasteiger partial charge in [0, 0.05) is 30.8 Å². The zero-order chi connectivity index (χ0) is 24.1. The minimum Gasteiger partial charge on any atom is -0.497 e. The van der Waals surface area contributed by atoms with Crippen LogP contribution in [0, 0.1) is 16.0 Å². The van der Waals surface area contributed by atoms with E-state index < -0.39 is 4.92 Å². The van der Waals surface area contributed by atoms with Crippen molar-refractivity contribution in [3.05, 3.63) is 65.0 Å². The number of nitrogens with one attached hydrogen (secondary N) is 1. The van der Waals surface area contributed by atoms with Crippen LogP contribution in [0.3, 0.4) is 0 Å². The van der Waals surface area contributed by atoms with E-state index in [-0.39, 0.29) is 23.3 Å². The maximum atomic E-state index is 13.0. The first-order valence-electron chi connectivity index (χ1n) is 10.8. The molecule has 1 N–H and O–H groups in total. The molecule has 10 nitrogen and oxygen atoms in total. The summed E-state index contributed by atoms with van der Waals surface area (Å²) in [4.78, 5) is 34.4. The molecule has 0 spiro atoms. The Kier molecular flexibility index (Phi) is 6.86. The van der Waals surface area contributed by atoms with Gasteiger partial charge in [-0.1, -0.05) is 0 Å². The van der Waals surface area contributed by atoms with Gasteiger partial charge in [-0.05, 0) is 43.2 Å². The first-order valence-corrected chi connectivity index (χ1v) is 10.8. The number of hydrogen-bond acceptors (Lipinski definition) is 8. The van der Waals surface area contributed by atoms with Gasteiger partial charge in [0.15, 0.2) is 0 Å². The van der Waals surface area contributed by atoms with Crippen molar-refractivity contribution in [2.75, 3.05) is 37.5 Å². The van der Waals surface area contributed by atoms with E-state index in [9.17, 15) is 14.9 Å². The van der Waals surface area contributed by atoms with Crippen LogP contribution in [0.25, 0.3) is 11.3 Å². The van der Waals surface area contributed by atoms with Gasteiger partial charge in [-0.2, -0.15) is 0 Å². The Bertz CT molecular complexity index is 1180. The molecule has 1 amide bonds. The fraction of sp³-hybridized carbons (Fsp3) is 0.292. The summed E-state index contributed by atoms with van der Waals surface area (Å²) in [5.74, 6) is 1.34. The first kappa shape index (κ1) is 23.0. The minimum atomic E-state index is -0.505. The molecule has 1 unspecified atom stereocenters. The van der Waals surface area contributed by atoms with Gasteiger partial charge in [-0.15, -0.1) is 0 Å². The van der Waals surface area contributed by atoms with Gasteiger partial charge in [0.25, 0.3) is 5.69 Å². The summed E-state index contributed by atoms with van der Waals surface area (Å²) in [6, 6.07) is 13.7. The SMILES string of the molecule is COc1ccc(-c2cc(N3CCCC(C(=O)Nc4ccc([N+](=O)[O-])cc4OC)C3)ncn2)cc1. The van der Waals surface area contributed by atoms with Gasteiger partial charge in [-0.3, -0.25) is 14.9 Å². The maximum Gasteiger partial charge on any atom is 0.273 e. The van der Waals surface area contributed by atoms with Gasteiger partial charge in [-0.25, -0.2) is 9.97 Å². The lowest BCUT2D eigenvalue weighted by molar-refractivity contribution is -0.384. The zero-order valence-electron chi connectivity index (χ0n) is 18.9. The number of anilines is 2. The highest BCUT2D eigenvalue weighted by Crippen LogP contribution is 2.31. The molecule has 1 atom stereocenters. The molecule has 2 heterocycles. The lowest BCUT2D eigenvalue weighted by Crippen LogP contribution is -2.41. The van der Waals surface area contributed by atoms with Crippen molar-refractivity contribution in [2.45, 2.75) is 12.8 Å². The van der Waals surface area contributed by atoms with E-state index >= 15 is 0 Å². The van der Waals surface area contributed by atoms with Crippen LogP contribution >= 0.6 is 0 Å². The fourth-order valence-corrected chi connectivity index (χ4v) is 3.97. The number of ether oxygens (including phenoxy) is 2. The second kappa shape index (κ2) is 10.2. The molecule has 1 aromatic heterocycles. The highest BCUT2D eigenvalue weighted by atomic mass is 16.6. The predicted molar refractivity (Wildman–Crippen MR) is 127 cm³/mol. The monoisotopic (exact) mass is 463 g/mol. The number of nitro benzene ring substituents is 1. The van der Waals surface area contributed by atoms with E-state index in [0.717, 1.165) is 42.2 Å². The van der Waals surface area contributed by atoms with E-state index in [4.69, 9.17) is 9.47 Å². The van der Waals surface area contributed by atoms with Crippen LogP contribution in [0.2, 0.25) is 0 Å². The largest absolute Gasteiger partial charge is 0.497 e. The third-order valence-electron chi connectivity index (χ3n) is 5.81. The number of non-ortho nitro benzene ring substituents is 1. The summed E-state index contributed by atoms with van der Waals surface area (Å²) in [6.45, 7) is 1.28. The number of benzene rings is 2. The fourth-order valence-electron chi connectivity index (χ4n) is 3.97. The third kappa shape index (κ3) is 5.06. The number of methoxy groups -OCH3 is 2. The molecule has 0 bridgehead atoms. The topological polar surface area (TPSA) is 120 Å². The number of carbonyl (C=O) groups excluding carboxylic acids is 1. The van der Waals surface area contributed by atoms with Crippen molar-refractivity contribution in [3.63, 3.8) is 0 Å². The quantitative estimate of drug-likeness (QED) is 0.413. The van der Waals surface area contributed by atoms with Gasteiger partial charge >= 0.3 is 0 Å².